The molecule has 0 N–H and O–H groups in total. The van der Waals surface area contributed by atoms with E-state index in [4.69, 9.17) is 14.2 Å². The Bertz CT molecular complexity index is 364. The highest BCUT2D eigenvalue weighted by Crippen LogP contribution is 2.29. The predicted molar refractivity (Wildman–Crippen MR) is 74.7 cm³/mol. The van der Waals surface area contributed by atoms with E-state index >= 15 is 0 Å². The van der Waals surface area contributed by atoms with Crippen LogP contribution in [0.3, 0.4) is 0 Å². The third-order valence-corrected chi connectivity index (χ3v) is 4.06. The molecule has 0 amide bonds. The molecule has 4 unspecified atom stereocenters. The molecule has 2 rings (SSSR count). The van der Waals surface area contributed by atoms with Gasteiger partial charge in [0.15, 0.2) is 6.29 Å². The summed E-state index contributed by atoms with van der Waals surface area (Å²) in [6.07, 6.45) is 0.790. The van der Waals surface area contributed by atoms with Crippen molar-refractivity contribution in [2.75, 3.05) is 13.7 Å². The zero-order chi connectivity index (χ0) is 13.7. The van der Waals surface area contributed by atoms with Crippen molar-refractivity contribution in [2.24, 2.45) is 11.8 Å². The molecular weight excluding hydrogens is 240 g/mol. The third kappa shape index (κ3) is 3.78. The maximum Gasteiger partial charge on any atom is 0.183 e. The van der Waals surface area contributed by atoms with E-state index < -0.39 is 0 Å². The van der Waals surface area contributed by atoms with Crippen molar-refractivity contribution in [3.8, 4) is 0 Å². The summed E-state index contributed by atoms with van der Waals surface area (Å²) in [5.74, 6) is 1.01. The predicted octanol–water partition coefficient (Wildman–Crippen LogP) is 3.24. The van der Waals surface area contributed by atoms with Gasteiger partial charge in [0.05, 0.1) is 13.2 Å². The summed E-state index contributed by atoms with van der Waals surface area (Å²) < 4.78 is 17.3. The second-order valence-corrected chi connectivity index (χ2v) is 5.36. The lowest BCUT2D eigenvalue weighted by Gasteiger charge is -2.30. The van der Waals surface area contributed by atoms with Crippen LogP contribution in [0, 0.1) is 11.8 Å². The zero-order valence-electron chi connectivity index (χ0n) is 12.0. The molecule has 106 valence electrons. The molecule has 1 heterocycles. The normalized spacial score (nSPS) is 31.9. The van der Waals surface area contributed by atoms with E-state index in [-0.39, 0.29) is 12.4 Å². The summed E-state index contributed by atoms with van der Waals surface area (Å²) in [5.41, 5.74) is 1.18. The van der Waals surface area contributed by atoms with E-state index in [0.717, 1.165) is 13.0 Å². The van der Waals surface area contributed by atoms with Gasteiger partial charge in [-0.05, 0) is 23.8 Å². The maximum absolute atomic E-state index is 6.09. The first-order valence-corrected chi connectivity index (χ1v) is 7.02. The SMILES string of the molecule is COC1OCCC(C)C(C)C1OCc1ccccc1. The minimum absolute atomic E-state index is 0.0114. The van der Waals surface area contributed by atoms with Crippen molar-refractivity contribution in [3.63, 3.8) is 0 Å². The standard InChI is InChI=1S/C16H24O3/c1-12-9-10-18-16(17-3)15(13(12)2)19-11-14-7-5-4-6-8-14/h4-8,12-13,15-16H,9-11H2,1-3H3. The van der Waals surface area contributed by atoms with Gasteiger partial charge < -0.3 is 14.2 Å². The van der Waals surface area contributed by atoms with Crippen molar-refractivity contribution in [3.05, 3.63) is 35.9 Å². The van der Waals surface area contributed by atoms with Crippen molar-refractivity contribution >= 4 is 0 Å². The minimum Gasteiger partial charge on any atom is -0.368 e. The summed E-state index contributed by atoms with van der Waals surface area (Å²) in [5, 5.41) is 0. The van der Waals surface area contributed by atoms with Crippen LogP contribution in [0.2, 0.25) is 0 Å². The van der Waals surface area contributed by atoms with E-state index in [1.165, 1.54) is 5.56 Å². The Hall–Kier alpha value is -0.900. The summed E-state index contributed by atoms with van der Waals surface area (Å²) in [6, 6.07) is 10.2. The van der Waals surface area contributed by atoms with Crippen molar-refractivity contribution in [2.45, 2.75) is 39.3 Å². The van der Waals surface area contributed by atoms with Crippen molar-refractivity contribution in [1.82, 2.24) is 0 Å². The molecular formula is C16H24O3. The first-order valence-electron chi connectivity index (χ1n) is 7.02. The third-order valence-electron chi connectivity index (χ3n) is 4.06. The van der Waals surface area contributed by atoms with Gasteiger partial charge in [-0.15, -0.1) is 0 Å². The van der Waals surface area contributed by atoms with Crippen LogP contribution >= 0.6 is 0 Å². The molecule has 3 nitrogen and oxygen atoms in total. The average Bonchev–Trinajstić information content (AvgIpc) is 2.58. The van der Waals surface area contributed by atoms with Gasteiger partial charge in [0.25, 0.3) is 0 Å². The van der Waals surface area contributed by atoms with Crippen LogP contribution in [-0.2, 0) is 20.8 Å². The Morgan fingerprint density at radius 3 is 2.63 bits per heavy atom. The highest BCUT2D eigenvalue weighted by Gasteiger charge is 2.34. The first kappa shape index (κ1) is 14.5. The molecule has 1 aromatic rings. The van der Waals surface area contributed by atoms with E-state index in [1.54, 1.807) is 7.11 Å². The smallest absolute Gasteiger partial charge is 0.183 e. The van der Waals surface area contributed by atoms with Crippen LogP contribution in [0.25, 0.3) is 0 Å². The Morgan fingerprint density at radius 1 is 1.21 bits per heavy atom. The monoisotopic (exact) mass is 264 g/mol. The number of hydrogen-bond acceptors (Lipinski definition) is 3. The molecule has 0 saturated carbocycles. The van der Waals surface area contributed by atoms with Crippen LogP contribution < -0.4 is 0 Å². The second kappa shape index (κ2) is 7.04. The molecule has 0 spiro atoms. The number of ether oxygens (including phenoxy) is 3. The van der Waals surface area contributed by atoms with Gasteiger partial charge in [0.1, 0.15) is 6.10 Å². The van der Waals surface area contributed by atoms with Gasteiger partial charge >= 0.3 is 0 Å². The van der Waals surface area contributed by atoms with Crippen molar-refractivity contribution < 1.29 is 14.2 Å². The number of benzene rings is 1. The van der Waals surface area contributed by atoms with Crippen LogP contribution in [0.15, 0.2) is 30.3 Å². The quantitative estimate of drug-likeness (QED) is 0.835. The van der Waals surface area contributed by atoms with Gasteiger partial charge in [-0.25, -0.2) is 0 Å². The van der Waals surface area contributed by atoms with Crippen LogP contribution in [-0.4, -0.2) is 26.1 Å². The number of hydrogen-bond donors (Lipinski definition) is 0. The van der Waals surface area contributed by atoms with Crippen molar-refractivity contribution in [1.29, 1.82) is 0 Å². The van der Waals surface area contributed by atoms with Gasteiger partial charge in [0, 0.05) is 7.11 Å². The molecule has 1 saturated heterocycles. The number of rotatable bonds is 4. The maximum atomic E-state index is 6.09. The second-order valence-electron chi connectivity index (χ2n) is 5.36. The highest BCUT2D eigenvalue weighted by molar-refractivity contribution is 5.13. The fourth-order valence-corrected chi connectivity index (χ4v) is 2.50. The van der Waals surface area contributed by atoms with Gasteiger partial charge in [-0.2, -0.15) is 0 Å². The molecule has 1 aliphatic heterocycles. The Morgan fingerprint density at radius 2 is 1.95 bits per heavy atom. The Balaban J connectivity index is 2.01. The average molecular weight is 264 g/mol. The lowest BCUT2D eigenvalue weighted by Crippen LogP contribution is -2.38. The summed E-state index contributed by atoms with van der Waals surface area (Å²) in [4.78, 5) is 0. The van der Waals surface area contributed by atoms with E-state index in [2.05, 4.69) is 26.0 Å². The molecule has 4 atom stereocenters. The molecule has 1 fully saturated rings. The zero-order valence-corrected chi connectivity index (χ0v) is 12.0. The lowest BCUT2D eigenvalue weighted by atomic mass is 9.89. The molecule has 0 radical (unpaired) electrons. The molecule has 0 bridgehead atoms. The topological polar surface area (TPSA) is 27.7 Å². The first-order chi connectivity index (χ1) is 9.22. The van der Waals surface area contributed by atoms with E-state index in [0.29, 0.717) is 18.4 Å². The fourth-order valence-electron chi connectivity index (χ4n) is 2.50. The summed E-state index contributed by atoms with van der Waals surface area (Å²) in [7, 11) is 1.69. The molecule has 1 aliphatic rings. The molecule has 0 aliphatic carbocycles. The van der Waals surface area contributed by atoms with Gasteiger partial charge in [-0.1, -0.05) is 44.2 Å². The molecule has 3 heteroatoms. The Labute approximate surface area is 115 Å². The van der Waals surface area contributed by atoms with Crippen LogP contribution in [0.1, 0.15) is 25.8 Å². The summed E-state index contributed by atoms with van der Waals surface area (Å²) >= 11 is 0. The lowest BCUT2D eigenvalue weighted by molar-refractivity contribution is -0.201. The summed E-state index contributed by atoms with van der Waals surface area (Å²) in [6.45, 7) is 5.83. The minimum atomic E-state index is -0.260. The number of methoxy groups -OCH3 is 1. The van der Waals surface area contributed by atoms with Gasteiger partial charge in [-0.3, -0.25) is 0 Å². The molecule has 19 heavy (non-hydrogen) atoms. The van der Waals surface area contributed by atoms with Crippen LogP contribution in [0.5, 0.6) is 0 Å². The van der Waals surface area contributed by atoms with Crippen LogP contribution in [0.4, 0.5) is 0 Å². The molecule has 0 aromatic heterocycles. The van der Waals surface area contributed by atoms with Gasteiger partial charge in [0.2, 0.25) is 0 Å². The van der Waals surface area contributed by atoms with E-state index in [1.807, 2.05) is 18.2 Å². The Kier molecular flexibility index (Phi) is 5.37. The highest BCUT2D eigenvalue weighted by atomic mass is 16.7. The molecule has 1 aromatic carbocycles. The van der Waals surface area contributed by atoms with E-state index in [9.17, 15) is 0 Å². The fraction of sp³-hybridized carbons (Fsp3) is 0.625. The largest absolute Gasteiger partial charge is 0.368 e.